The van der Waals surface area contributed by atoms with Crippen LogP contribution in [0.15, 0.2) is 30.7 Å². The van der Waals surface area contributed by atoms with E-state index in [0.717, 1.165) is 17.3 Å². The second kappa shape index (κ2) is 9.30. The van der Waals surface area contributed by atoms with Crippen molar-refractivity contribution in [2.24, 2.45) is 0 Å². The van der Waals surface area contributed by atoms with Crippen molar-refractivity contribution in [2.45, 2.75) is 26.1 Å². The summed E-state index contributed by atoms with van der Waals surface area (Å²) in [5.74, 6) is -1.95. The number of aromatic nitrogens is 3. The first-order chi connectivity index (χ1) is 16.6. The number of nitriles is 1. The van der Waals surface area contributed by atoms with Crippen molar-refractivity contribution in [1.29, 1.82) is 5.26 Å². The van der Waals surface area contributed by atoms with Gasteiger partial charge in [0.15, 0.2) is 12.4 Å². The molecule has 0 fully saturated rings. The maximum absolute atomic E-state index is 13.1. The van der Waals surface area contributed by atoms with Gasteiger partial charge in [-0.1, -0.05) is 0 Å². The number of halogens is 3. The predicted molar refractivity (Wildman–Crippen MR) is 119 cm³/mol. The van der Waals surface area contributed by atoms with E-state index in [1.165, 1.54) is 22.3 Å². The molecule has 0 saturated heterocycles. The molecule has 0 spiro atoms. The van der Waals surface area contributed by atoms with Crippen LogP contribution in [-0.4, -0.2) is 39.9 Å². The van der Waals surface area contributed by atoms with Crippen LogP contribution in [0.3, 0.4) is 0 Å². The van der Waals surface area contributed by atoms with Gasteiger partial charge in [0.2, 0.25) is 5.82 Å². The molecule has 1 atom stereocenters. The van der Waals surface area contributed by atoms with E-state index in [2.05, 4.69) is 20.3 Å². The summed E-state index contributed by atoms with van der Waals surface area (Å²) in [6, 6.07) is 4.20. The summed E-state index contributed by atoms with van der Waals surface area (Å²) in [4.78, 5) is 38.6. The molecule has 0 bridgehead atoms. The molecule has 0 radical (unpaired) electrons. The van der Waals surface area contributed by atoms with Crippen molar-refractivity contribution in [3.05, 3.63) is 52.6 Å². The Hall–Kier alpha value is -4.05. The lowest BCUT2D eigenvalue weighted by Gasteiger charge is -2.29. The molecule has 1 aromatic carbocycles. The quantitative estimate of drug-likeness (QED) is 0.529. The fourth-order valence-electron chi connectivity index (χ4n) is 3.40. The Bertz CT molecular complexity index is 1330. The molecule has 0 unspecified atom stereocenters. The second-order valence-corrected chi connectivity index (χ2v) is 8.84. The normalized spacial score (nSPS) is 14.1. The highest BCUT2D eigenvalue weighted by Gasteiger charge is 2.34. The number of ether oxygens (including phenoxy) is 1. The van der Waals surface area contributed by atoms with E-state index in [9.17, 15) is 28.0 Å². The molecule has 1 aliphatic heterocycles. The smallest absolute Gasteiger partial charge is 0.451 e. The summed E-state index contributed by atoms with van der Waals surface area (Å²) >= 11 is 1.36. The van der Waals surface area contributed by atoms with Gasteiger partial charge in [-0.15, -0.1) is 11.3 Å². The molecule has 0 aliphatic carbocycles. The zero-order valence-corrected chi connectivity index (χ0v) is 19.2. The summed E-state index contributed by atoms with van der Waals surface area (Å²) in [5.41, 5.74) is 1.15. The van der Waals surface area contributed by atoms with Crippen LogP contribution in [0, 0.1) is 18.3 Å². The minimum absolute atomic E-state index is 0.146. The zero-order chi connectivity index (χ0) is 25.3. The van der Waals surface area contributed by atoms with Crippen LogP contribution in [-0.2, 0) is 11.0 Å². The van der Waals surface area contributed by atoms with Gasteiger partial charge in [-0.05, 0) is 26.0 Å². The van der Waals surface area contributed by atoms with E-state index in [4.69, 9.17) is 4.74 Å². The molecule has 1 N–H and O–H groups in total. The molecule has 2 aromatic heterocycles. The first kappa shape index (κ1) is 24.1. The van der Waals surface area contributed by atoms with E-state index >= 15 is 0 Å². The molecule has 180 valence electrons. The van der Waals surface area contributed by atoms with E-state index in [0.29, 0.717) is 16.3 Å². The lowest BCUT2D eigenvalue weighted by atomic mass is 10.0. The maximum atomic E-state index is 13.1. The number of rotatable bonds is 5. The molecule has 13 heteroatoms. The molecule has 9 nitrogen and oxygen atoms in total. The lowest BCUT2D eigenvalue weighted by molar-refractivity contribution is -0.145. The van der Waals surface area contributed by atoms with E-state index < -0.39 is 29.9 Å². The number of fused-ring (bicyclic) bond motifs is 1. The fourth-order valence-corrected chi connectivity index (χ4v) is 4.17. The Morgan fingerprint density at radius 1 is 1.29 bits per heavy atom. The third-order valence-corrected chi connectivity index (χ3v) is 6.06. The van der Waals surface area contributed by atoms with Gasteiger partial charge in [0, 0.05) is 34.6 Å². The molecule has 1 aliphatic rings. The highest BCUT2D eigenvalue weighted by Crippen LogP contribution is 2.43. The molecule has 2 amide bonds. The summed E-state index contributed by atoms with van der Waals surface area (Å²) in [7, 11) is 0. The molecule has 4 rings (SSSR count). The van der Waals surface area contributed by atoms with Gasteiger partial charge in [0.25, 0.3) is 11.8 Å². The third-order valence-electron chi connectivity index (χ3n) is 5.12. The maximum Gasteiger partial charge on any atom is 0.451 e. The predicted octanol–water partition coefficient (Wildman–Crippen LogP) is 3.67. The van der Waals surface area contributed by atoms with Gasteiger partial charge < -0.3 is 10.1 Å². The Kier molecular flexibility index (Phi) is 6.40. The number of carbonyl (C=O) groups excluding carboxylic acids is 2. The average molecular weight is 502 g/mol. The van der Waals surface area contributed by atoms with Gasteiger partial charge in [-0.3, -0.25) is 14.5 Å². The highest BCUT2D eigenvalue weighted by molar-refractivity contribution is 7.15. The van der Waals surface area contributed by atoms with Gasteiger partial charge in [-0.25, -0.2) is 15.0 Å². The molecule has 3 heterocycles. The number of benzene rings is 1. The van der Waals surface area contributed by atoms with Crippen molar-refractivity contribution in [2.75, 3.05) is 18.1 Å². The molecule has 3 aromatic rings. The number of amides is 2. The van der Waals surface area contributed by atoms with Crippen LogP contribution >= 0.6 is 11.3 Å². The Labute approximate surface area is 201 Å². The van der Waals surface area contributed by atoms with Crippen LogP contribution in [0.25, 0.3) is 10.6 Å². The number of nitrogens with zero attached hydrogens (tertiary/aromatic N) is 5. The topological polar surface area (TPSA) is 121 Å². The highest BCUT2D eigenvalue weighted by atomic mass is 32.1. The first-order valence-electron chi connectivity index (χ1n) is 10.2. The molecule has 0 saturated carbocycles. The number of hydrogen-bond acceptors (Lipinski definition) is 8. The van der Waals surface area contributed by atoms with E-state index in [1.54, 1.807) is 19.2 Å². The fraction of sp³-hybridized carbons (Fsp3) is 0.273. The second-order valence-electron chi connectivity index (χ2n) is 7.61. The summed E-state index contributed by atoms with van der Waals surface area (Å²) < 4.78 is 43.8. The van der Waals surface area contributed by atoms with Crippen molar-refractivity contribution in [3.8, 4) is 22.4 Å². The van der Waals surface area contributed by atoms with Crippen LogP contribution < -0.4 is 15.0 Å². The number of aryl methyl sites for hydroxylation is 1. The van der Waals surface area contributed by atoms with Crippen molar-refractivity contribution < 1.29 is 27.5 Å². The van der Waals surface area contributed by atoms with Gasteiger partial charge in [-0.2, -0.15) is 18.4 Å². The Morgan fingerprint density at radius 3 is 2.60 bits per heavy atom. The van der Waals surface area contributed by atoms with Crippen LogP contribution in [0.1, 0.15) is 39.6 Å². The largest absolute Gasteiger partial charge is 0.481 e. The number of thiazole rings is 1. The number of anilines is 1. The average Bonchev–Trinajstić information content (AvgIpc) is 3.25. The molecule has 35 heavy (non-hydrogen) atoms. The van der Waals surface area contributed by atoms with Gasteiger partial charge in [0.05, 0.1) is 23.4 Å². The van der Waals surface area contributed by atoms with Crippen LogP contribution in [0.4, 0.5) is 18.9 Å². The number of carbonyl (C=O) groups is 2. The van der Waals surface area contributed by atoms with Crippen molar-refractivity contribution in [3.63, 3.8) is 0 Å². The van der Waals surface area contributed by atoms with Gasteiger partial charge >= 0.3 is 6.18 Å². The standard InChI is InChI=1S/C22H17F3N6O3S/c1-11-7-27-20(35-11)15-5-13(6-16-18(15)34-10-17(32)31(16)4-3-26)19(33)30-12(2)14-8-28-21(29-9-14)22(23,24)25/h5-9,12H,4,10H2,1-2H3,(H,30,33)/t12-/m1/s1. The number of hydrogen-bond donors (Lipinski definition) is 1. The molecular formula is C22H17F3N6O3S. The third kappa shape index (κ3) is 4.92. The SMILES string of the molecule is Cc1cnc(-c2cc(C(=O)N[C@H](C)c3cnc(C(F)(F)F)nc3)cc3c2OCC(=O)N3CC#N)s1. The van der Waals surface area contributed by atoms with Crippen LogP contribution in [0.5, 0.6) is 5.75 Å². The van der Waals surface area contributed by atoms with Gasteiger partial charge in [0.1, 0.15) is 11.6 Å². The molecular weight excluding hydrogens is 485 g/mol. The minimum Gasteiger partial charge on any atom is -0.481 e. The Balaban J connectivity index is 1.69. The Morgan fingerprint density at radius 2 is 2.00 bits per heavy atom. The van der Waals surface area contributed by atoms with Crippen molar-refractivity contribution in [1.82, 2.24) is 20.3 Å². The summed E-state index contributed by atoms with van der Waals surface area (Å²) in [5, 5.41) is 12.4. The minimum atomic E-state index is -4.67. The number of alkyl halides is 3. The van der Waals surface area contributed by atoms with Crippen molar-refractivity contribution >= 4 is 28.8 Å². The summed E-state index contributed by atoms with van der Waals surface area (Å²) in [6.07, 6.45) is -1.02. The summed E-state index contributed by atoms with van der Waals surface area (Å²) in [6.45, 7) is 2.94. The van der Waals surface area contributed by atoms with Crippen LogP contribution in [0.2, 0.25) is 0 Å². The zero-order valence-electron chi connectivity index (χ0n) is 18.4. The lowest BCUT2D eigenvalue weighted by Crippen LogP contribution is -2.39. The van der Waals surface area contributed by atoms with E-state index in [-0.39, 0.29) is 30.0 Å². The first-order valence-corrected chi connectivity index (χ1v) is 11.0. The monoisotopic (exact) mass is 502 g/mol. The number of nitrogens with one attached hydrogen (secondary N) is 1. The van der Waals surface area contributed by atoms with E-state index in [1.807, 2.05) is 13.0 Å².